The van der Waals surface area contributed by atoms with Crippen molar-refractivity contribution in [2.75, 3.05) is 11.1 Å². The fraction of sp³-hybridized carbons (Fsp3) is 0.409. The number of ketones is 1. The fourth-order valence-corrected chi connectivity index (χ4v) is 4.78. The molecule has 6 heteroatoms. The smallest absolute Gasteiger partial charge is 0.257 e. The average molecular weight is 396 g/mol. The summed E-state index contributed by atoms with van der Waals surface area (Å²) in [7, 11) is 0. The normalized spacial score (nSPS) is 20.4. The van der Waals surface area contributed by atoms with Gasteiger partial charge >= 0.3 is 0 Å². The third-order valence-corrected chi connectivity index (χ3v) is 6.15. The molecule has 1 aliphatic heterocycles. The van der Waals surface area contributed by atoms with Crippen LogP contribution in [0.4, 0.5) is 5.82 Å². The summed E-state index contributed by atoms with van der Waals surface area (Å²) >= 11 is 1.50. The van der Waals surface area contributed by atoms with Crippen LogP contribution in [0.5, 0.6) is 0 Å². The SMILES string of the molecule is CCSc1nc2c(c(=O)[nH]1)[C@H](c1ccc(C)cc1)C1=C(CC(C)(C)CC1=O)N2. The third kappa shape index (κ3) is 3.30. The number of H-pyrrole nitrogens is 1. The largest absolute Gasteiger partial charge is 0.343 e. The standard InChI is InChI=1S/C22H25N3O2S/c1-5-28-21-24-19-18(20(27)25-21)16(13-8-6-12(2)7-9-13)17-14(23-19)10-22(3,4)11-15(17)26/h6-9,16H,5,10-11H2,1-4H3,(H2,23,24,25,27)/t16-/m1/s1. The molecule has 0 spiro atoms. The van der Waals surface area contributed by atoms with E-state index >= 15 is 0 Å². The molecule has 0 saturated heterocycles. The molecule has 1 aliphatic carbocycles. The number of fused-ring (bicyclic) bond motifs is 1. The third-order valence-electron chi connectivity index (χ3n) is 5.39. The number of carbonyl (C=O) groups excluding carboxylic acids is 1. The van der Waals surface area contributed by atoms with Crippen LogP contribution in [0.3, 0.4) is 0 Å². The number of thioether (sulfide) groups is 1. The Hall–Kier alpha value is -2.34. The predicted molar refractivity (Wildman–Crippen MR) is 113 cm³/mol. The van der Waals surface area contributed by atoms with Crippen molar-refractivity contribution < 1.29 is 4.79 Å². The molecule has 1 aromatic carbocycles. The van der Waals surface area contributed by atoms with Crippen molar-refractivity contribution in [3.05, 3.63) is 62.6 Å². The molecule has 0 fully saturated rings. The molecule has 2 heterocycles. The van der Waals surface area contributed by atoms with Crippen molar-refractivity contribution in [3.8, 4) is 0 Å². The van der Waals surface area contributed by atoms with Crippen molar-refractivity contribution in [1.82, 2.24) is 9.97 Å². The quantitative estimate of drug-likeness (QED) is 0.595. The number of rotatable bonds is 3. The van der Waals surface area contributed by atoms with Crippen LogP contribution in [0.25, 0.3) is 0 Å². The highest BCUT2D eigenvalue weighted by Gasteiger charge is 2.42. The lowest BCUT2D eigenvalue weighted by Crippen LogP contribution is -2.37. The van der Waals surface area contributed by atoms with Gasteiger partial charge in [0.25, 0.3) is 5.56 Å². The topological polar surface area (TPSA) is 74.8 Å². The predicted octanol–water partition coefficient (Wildman–Crippen LogP) is 4.39. The lowest BCUT2D eigenvalue weighted by atomic mass is 9.69. The molecule has 0 radical (unpaired) electrons. The van der Waals surface area contributed by atoms with Crippen LogP contribution < -0.4 is 10.9 Å². The number of anilines is 1. The van der Waals surface area contributed by atoms with E-state index in [1.807, 2.05) is 38.1 Å². The van der Waals surface area contributed by atoms with Gasteiger partial charge in [-0.25, -0.2) is 4.98 Å². The zero-order valence-electron chi connectivity index (χ0n) is 16.7. The number of allylic oxidation sites excluding steroid dienone is 2. The van der Waals surface area contributed by atoms with E-state index in [1.54, 1.807) is 0 Å². The molecule has 4 rings (SSSR count). The fourth-order valence-electron chi connectivity index (χ4n) is 4.19. The van der Waals surface area contributed by atoms with E-state index in [2.05, 4.69) is 29.1 Å². The molecule has 0 amide bonds. The Bertz CT molecular complexity index is 1030. The molecule has 0 unspecified atom stereocenters. The first kappa shape index (κ1) is 19.0. The summed E-state index contributed by atoms with van der Waals surface area (Å²) in [5.74, 6) is 1.13. The Kier molecular flexibility index (Phi) is 4.70. The van der Waals surface area contributed by atoms with Gasteiger partial charge in [-0.1, -0.05) is 62.4 Å². The van der Waals surface area contributed by atoms with E-state index < -0.39 is 0 Å². The second-order valence-electron chi connectivity index (χ2n) is 8.37. The van der Waals surface area contributed by atoms with Crippen LogP contribution in [0.2, 0.25) is 0 Å². The van der Waals surface area contributed by atoms with Gasteiger partial charge < -0.3 is 10.3 Å². The van der Waals surface area contributed by atoms with Gasteiger partial charge in [-0.05, 0) is 30.1 Å². The number of nitrogens with one attached hydrogen (secondary N) is 2. The van der Waals surface area contributed by atoms with Gasteiger partial charge in [-0.15, -0.1) is 0 Å². The van der Waals surface area contributed by atoms with Crippen molar-refractivity contribution in [1.29, 1.82) is 0 Å². The number of benzene rings is 1. The van der Waals surface area contributed by atoms with Gasteiger partial charge in [0.1, 0.15) is 5.82 Å². The lowest BCUT2D eigenvalue weighted by molar-refractivity contribution is -0.118. The summed E-state index contributed by atoms with van der Waals surface area (Å²) in [6.07, 6.45) is 1.25. The monoisotopic (exact) mass is 395 g/mol. The lowest BCUT2D eigenvalue weighted by Gasteiger charge is -2.38. The van der Waals surface area contributed by atoms with Gasteiger partial charge in [-0.2, -0.15) is 0 Å². The van der Waals surface area contributed by atoms with E-state index in [4.69, 9.17) is 0 Å². The van der Waals surface area contributed by atoms with Crippen molar-refractivity contribution in [2.24, 2.45) is 5.41 Å². The van der Waals surface area contributed by atoms with Gasteiger partial charge in [-0.3, -0.25) is 9.59 Å². The number of hydrogen-bond donors (Lipinski definition) is 2. The number of nitrogens with zero attached hydrogens (tertiary/aromatic N) is 1. The van der Waals surface area contributed by atoms with Crippen molar-refractivity contribution in [3.63, 3.8) is 0 Å². The zero-order chi connectivity index (χ0) is 20.1. The first-order valence-electron chi connectivity index (χ1n) is 9.66. The van der Waals surface area contributed by atoms with Crippen LogP contribution in [0, 0.1) is 12.3 Å². The summed E-state index contributed by atoms with van der Waals surface area (Å²) in [5, 5.41) is 3.95. The van der Waals surface area contributed by atoms with Crippen LogP contribution in [-0.2, 0) is 4.79 Å². The molecule has 2 N–H and O–H groups in total. The minimum absolute atomic E-state index is 0.111. The Balaban J connectivity index is 1.95. The van der Waals surface area contributed by atoms with Gasteiger partial charge in [0.15, 0.2) is 10.9 Å². The Labute approximate surface area is 169 Å². The highest BCUT2D eigenvalue weighted by atomic mass is 32.2. The van der Waals surface area contributed by atoms with Gasteiger partial charge in [0.2, 0.25) is 0 Å². The zero-order valence-corrected chi connectivity index (χ0v) is 17.5. The van der Waals surface area contributed by atoms with Crippen LogP contribution >= 0.6 is 11.8 Å². The van der Waals surface area contributed by atoms with Crippen molar-refractivity contribution >= 4 is 23.4 Å². The number of aromatic amines is 1. The number of carbonyl (C=O) groups is 1. The van der Waals surface area contributed by atoms with Gasteiger partial charge in [0.05, 0.1) is 5.56 Å². The maximum Gasteiger partial charge on any atom is 0.257 e. The highest BCUT2D eigenvalue weighted by molar-refractivity contribution is 7.99. The number of aryl methyl sites for hydroxylation is 1. The van der Waals surface area contributed by atoms with Crippen molar-refractivity contribution in [2.45, 2.75) is 51.6 Å². The molecule has 28 heavy (non-hydrogen) atoms. The Morgan fingerprint density at radius 1 is 1.18 bits per heavy atom. The molecule has 146 valence electrons. The summed E-state index contributed by atoms with van der Waals surface area (Å²) in [5.41, 5.74) is 3.98. The second-order valence-corrected chi connectivity index (χ2v) is 9.62. The first-order chi connectivity index (χ1) is 13.3. The maximum atomic E-state index is 13.2. The summed E-state index contributed by atoms with van der Waals surface area (Å²) < 4.78 is 0. The molecule has 2 aromatic rings. The molecule has 1 atom stereocenters. The molecular weight excluding hydrogens is 370 g/mol. The summed E-state index contributed by atoms with van der Waals surface area (Å²) in [6.45, 7) is 8.27. The Morgan fingerprint density at radius 2 is 1.89 bits per heavy atom. The van der Waals surface area contributed by atoms with E-state index in [-0.39, 0.29) is 22.7 Å². The van der Waals surface area contributed by atoms with Crippen LogP contribution in [-0.4, -0.2) is 21.5 Å². The van der Waals surface area contributed by atoms with E-state index in [0.717, 1.165) is 34.6 Å². The van der Waals surface area contributed by atoms with Gasteiger partial charge in [0, 0.05) is 23.6 Å². The minimum Gasteiger partial charge on any atom is -0.343 e. The minimum atomic E-state index is -0.382. The van der Waals surface area contributed by atoms with Crippen LogP contribution in [0.1, 0.15) is 56.2 Å². The summed E-state index contributed by atoms with van der Waals surface area (Å²) in [6, 6.07) is 8.08. The number of aromatic nitrogens is 2. The number of hydrogen-bond acceptors (Lipinski definition) is 5. The molecular formula is C22H25N3O2S. The maximum absolute atomic E-state index is 13.2. The average Bonchev–Trinajstić information content (AvgIpc) is 2.60. The summed E-state index contributed by atoms with van der Waals surface area (Å²) in [4.78, 5) is 33.8. The molecule has 0 saturated carbocycles. The van der Waals surface area contributed by atoms with E-state index in [0.29, 0.717) is 23.0 Å². The first-order valence-corrected chi connectivity index (χ1v) is 10.6. The molecule has 1 aromatic heterocycles. The molecule has 5 nitrogen and oxygen atoms in total. The Morgan fingerprint density at radius 3 is 2.57 bits per heavy atom. The molecule has 2 aliphatic rings. The van der Waals surface area contributed by atoms with E-state index in [1.165, 1.54) is 11.8 Å². The molecule has 0 bridgehead atoms. The van der Waals surface area contributed by atoms with Crippen LogP contribution in [0.15, 0.2) is 45.5 Å². The van der Waals surface area contributed by atoms with E-state index in [9.17, 15) is 9.59 Å². The second kappa shape index (κ2) is 6.92. The highest BCUT2D eigenvalue weighted by Crippen LogP contribution is 2.47. The number of Topliss-reactive ketones (excluding diaryl/α,β-unsaturated/α-hetero) is 1.